The van der Waals surface area contributed by atoms with Gasteiger partial charge >= 0.3 is 5.97 Å². The van der Waals surface area contributed by atoms with E-state index in [0.717, 1.165) is 16.6 Å². The summed E-state index contributed by atoms with van der Waals surface area (Å²) >= 11 is 1.51. The molecule has 0 unspecified atom stereocenters. The van der Waals surface area contributed by atoms with E-state index in [1.54, 1.807) is 0 Å². The highest BCUT2D eigenvalue weighted by Gasteiger charge is 2.03. The van der Waals surface area contributed by atoms with Crippen LogP contribution in [0.3, 0.4) is 0 Å². The van der Waals surface area contributed by atoms with Crippen molar-refractivity contribution in [1.29, 1.82) is 0 Å². The molecule has 0 aliphatic heterocycles. The van der Waals surface area contributed by atoms with Crippen LogP contribution in [0, 0.1) is 6.92 Å². The molecular weight excluding hydrogens is 234 g/mol. The monoisotopic (exact) mass is 245 g/mol. The zero-order chi connectivity index (χ0) is 12.3. The number of hydrogen-bond acceptors (Lipinski definition) is 3. The Morgan fingerprint density at radius 1 is 1.47 bits per heavy atom. The first-order chi connectivity index (χ1) is 8.15. The zero-order valence-electron chi connectivity index (χ0n) is 9.25. The largest absolute Gasteiger partial charge is 0.478 e. The highest BCUT2D eigenvalue weighted by Crippen LogP contribution is 2.24. The normalized spacial score (nSPS) is 10.9. The maximum Gasteiger partial charge on any atom is 0.328 e. The minimum absolute atomic E-state index is 0.675. The lowest BCUT2D eigenvalue weighted by Gasteiger charge is -1.96. The van der Waals surface area contributed by atoms with Crippen LogP contribution in [-0.2, 0) is 4.79 Å². The van der Waals surface area contributed by atoms with Crippen LogP contribution in [0.4, 0.5) is 0 Å². The molecule has 0 saturated carbocycles. The second-order valence-corrected chi connectivity index (χ2v) is 4.48. The molecular formula is C13H11NO2S. The standard InChI is InChI=1S/C13H11NO2S/c1-9-3-2-4-10(7-9)13-14-11(8-17-13)5-6-12(15)16/h2-8H,1H3,(H,15,16)/b6-5+. The number of benzene rings is 1. The molecule has 0 aliphatic rings. The van der Waals surface area contributed by atoms with Gasteiger partial charge in [-0.1, -0.05) is 23.8 Å². The van der Waals surface area contributed by atoms with Gasteiger partial charge in [0.15, 0.2) is 0 Å². The van der Waals surface area contributed by atoms with E-state index >= 15 is 0 Å². The Labute approximate surface area is 103 Å². The van der Waals surface area contributed by atoms with E-state index < -0.39 is 5.97 Å². The summed E-state index contributed by atoms with van der Waals surface area (Å²) in [6, 6.07) is 8.07. The van der Waals surface area contributed by atoms with Crippen molar-refractivity contribution in [2.45, 2.75) is 6.92 Å². The quantitative estimate of drug-likeness (QED) is 0.845. The Bertz CT molecular complexity index is 572. The molecule has 17 heavy (non-hydrogen) atoms. The van der Waals surface area contributed by atoms with Gasteiger partial charge in [-0.2, -0.15) is 0 Å². The molecule has 2 aromatic rings. The Balaban J connectivity index is 2.27. The van der Waals surface area contributed by atoms with E-state index in [1.807, 2.05) is 30.5 Å². The maximum absolute atomic E-state index is 10.4. The fourth-order valence-corrected chi connectivity index (χ4v) is 2.21. The average Bonchev–Trinajstić information content (AvgIpc) is 2.75. The lowest BCUT2D eigenvalue weighted by Crippen LogP contribution is -1.85. The topological polar surface area (TPSA) is 50.2 Å². The Morgan fingerprint density at radius 3 is 3.00 bits per heavy atom. The van der Waals surface area contributed by atoms with Gasteiger partial charge in [0.05, 0.1) is 5.69 Å². The summed E-state index contributed by atoms with van der Waals surface area (Å²) in [5.41, 5.74) is 2.92. The van der Waals surface area contributed by atoms with Gasteiger partial charge in [0.25, 0.3) is 0 Å². The van der Waals surface area contributed by atoms with Crippen LogP contribution >= 0.6 is 11.3 Å². The predicted molar refractivity (Wildman–Crippen MR) is 69.0 cm³/mol. The molecule has 0 amide bonds. The Hall–Kier alpha value is -1.94. The second-order valence-electron chi connectivity index (χ2n) is 3.62. The van der Waals surface area contributed by atoms with E-state index in [9.17, 15) is 4.79 Å². The van der Waals surface area contributed by atoms with E-state index in [1.165, 1.54) is 23.0 Å². The van der Waals surface area contributed by atoms with Crippen molar-refractivity contribution < 1.29 is 9.90 Å². The van der Waals surface area contributed by atoms with Gasteiger partial charge in [-0.15, -0.1) is 11.3 Å². The molecule has 0 bridgehead atoms. The molecule has 0 spiro atoms. The number of nitrogens with zero attached hydrogens (tertiary/aromatic N) is 1. The smallest absolute Gasteiger partial charge is 0.328 e. The summed E-state index contributed by atoms with van der Waals surface area (Å²) in [7, 11) is 0. The molecule has 1 aromatic heterocycles. The van der Waals surface area contributed by atoms with E-state index in [2.05, 4.69) is 11.1 Å². The Kier molecular flexibility index (Phi) is 3.35. The molecule has 0 radical (unpaired) electrons. The fourth-order valence-electron chi connectivity index (χ4n) is 1.43. The van der Waals surface area contributed by atoms with Crippen LogP contribution in [-0.4, -0.2) is 16.1 Å². The minimum Gasteiger partial charge on any atom is -0.478 e. The highest BCUT2D eigenvalue weighted by molar-refractivity contribution is 7.13. The third kappa shape index (κ3) is 3.01. The van der Waals surface area contributed by atoms with Gasteiger partial charge in [0.2, 0.25) is 0 Å². The third-order valence-corrected chi connectivity index (χ3v) is 3.09. The second kappa shape index (κ2) is 4.93. The van der Waals surface area contributed by atoms with Crippen molar-refractivity contribution in [3.63, 3.8) is 0 Å². The summed E-state index contributed by atoms with van der Waals surface area (Å²) in [6.07, 6.45) is 2.59. The summed E-state index contributed by atoms with van der Waals surface area (Å²) in [6.45, 7) is 2.03. The molecule has 2 rings (SSSR count). The first-order valence-electron chi connectivity index (χ1n) is 5.09. The molecule has 4 heteroatoms. The molecule has 0 fully saturated rings. The third-order valence-electron chi connectivity index (χ3n) is 2.18. The molecule has 86 valence electrons. The van der Waals surface area contributed by atoms with Crippen molar-refractivity contribution in [3.8, 4) is 10.6 Å². The average molecular weight is 245 g/mol. The first-order valence-corrected chi connectivity index (χ1v) is 5.97. The molecule has 0 saturated heterocycles. The van der Waals surface area contributed by atoms with Crippen molar-refractivity contribution in [2.24, 2.45) is 0 Å². The number of carbonyl (C=O) groups is 1. The number of aliphatic carboxylic acids is 1. The molecule has 1 N–H and O–H groups in total. The number of carboxylic acids is 1. The number of aryl methyl sites for hydroxylation is 1. The van der Waals surface area contributed by atoms with Gasteiger partial charge in [0, 0.05) is 17.0 Å². The lowest BCUT2D eigenvalue weighted by molar-refractivity contribution is -0.131. The molecule has 1 aromatic carbocycles. The lowest BCUT2D eigenvalue weighted by atomic mass is 10.1. The molecule has 3 nitrogen and oxygen atoms in total. The van der Waals surface area contributed by atoms with Crippen LogP contribution < -0.4 is 0 Å². The number of thiazole rings is 1. The van der Waals surface area contributed by atoms with Gasteiger partial charge in [-0.25, -0.2) is 9.78 Å². The van der Waals surface area contributed by atoms with Crippen molar-refractivity contribution in [2.75, 3.05) is 0 Å². The van der Waals surface area contributed by atoms with E-state index in [-0.39, 0.29) is 0 Å². The van der Waals surface area contributed by atoms with Crippen molar-refractivity contribution in [1.82, 2.24) is 4.98 Å². The van der Waals surface area contributed by atoms with Crippen LogP contribution in [0.1, 0.15) is 11.3 Å². The molecule has 1 heterocycles. The fraction of sp³-hybridized carbons (Fsp3) is 0.0769. The maximum atomic E-state index is 10.4. The van der Waals surface area contributed by atoms with Crippen molar-refractivity contribution in [3.05, 3.63) is 47.0 Å². The summed E-state index contributed by atoms with van der Waals surface area (Å²) in [5.74, 6) is -0.963. The highest BCUT2D eigenvalue weighted by atomic mass is 32.1. The van der Waals surface area contributed by atoms with Crippen molar-refractivity contribution >= 4 is 23.4 Å². The summed E-state index contributed by atoms with van der Waals surface area (Å²) < 4.78 is 0. The predicted octanol–water partition coefficient (Wildman–Crippen LogP) is 3.22. The SMILES string of the molecule is Cc1cccc(-c2nc(/C=C/C(=O)O)cs2)c1. The van der Waals surface area contributed by atoms with E-state index in [4.69, 9.17) is 5.11 Å². The number of aromatic nitrogens is 1. The van der Waals surface area contributed by atoms with Crippen LogP contribution in [0.15, 0.2) is 35.7 Å². The summed E-state index contributed by atoms with van der Waals surface area (Å²) in [5, 5.41) is 11.3. The molecule has 0 aliphatic carbocycles. The first kappa shape index (κ1) is 11.5. The summed E-state index contributed by atoms with van der Waals surface area (Å²) in [4.78, 5) is 14.7. The number of hydrogen-bond donors (Lipinski definition) is 1. The zero-order valence-corrected chi connectivity index (χ0v) is 10.1. The van der Waals surface area contributed by atoms with Gasteiger partial charge in [0.1, 0.15) is 5.01 Å². The van der Waals surface area contributed by atoms with E-state index in [0.29, 0.717) is 5.69 Å². The van der Waals surface area contributed by atoms with Crippen LogP contribution in [0.25, 0.3) is 16.6 Å². The minimum atomic E-state index is -0.963. The number of rotatable bonds is 3. The van der Waals surface area contributed by atoms with Crippen LogP contribution in [0.2, 0.25) is 0 Å². The van der Waals surface area contributed by atoms with Gasteiger partial charge in [-0.3, -0.25) is 0 Å². The number of carboxylic acid groups (broad SMARTS) is 1. The Morgan fingerprint density at radius 2 is 2.29 bits per heavy atom. The van der Waals surface area contributed by atoms with Crippen LogP contribution in [0.5, 0.6) is 0 Å². The van der Waals surface area contributed by atoms with Gasteiger partial charge in [-0.05, 0) is 19.1 Å². The van der Waals surface area contributed by atoms with Gasteiger partial charge < -0.3 is 5.11 Å². The molecule has 0 atom stereocenters.